The number of nitrogen functional groups attached to an aromatic ring is 1. The number of fused-ring (bicyclic) bond motifs is 1. The van der Waals surface area contributed by atoms with Gasteiger partial charge in [0.25, 0.3) is 0 Å². The van der Waals surface area contributed by atoms with Crippen LogP contribution in [-0.4, -0.2) is 27.6 Å². The van der Waals surface area contributed by atoms with Crippen LogP contribution in [0, 0.1) is 5.82 Å². The zero-order valence-electron chi connectivity index (χ0n) is 20.5. The van der Waals surface area contributed by atoms with Crippen molar-refractivity contribution in [3.05, 3.63) is 53.3 Å². The second-order valence-corrected chi connectivity index (χ2v) is 12.5. The largest absolute Gasteiger partial charge is 0.457 e. The molecule has 0 saturated carbocycles. The summed E-state index contributed by atoms with van der Waals surface area (Å²) >= 11 is 2.64. The predicted octanol–water partition coefficient (Wildman–Crippen LogP) is 6.46. The molecule has 1 saturated heterocycles. The van der Waals surface area contributed by atoms with Crippen LogP contribution in [0.3, 0.4) is 0 Å². The lowest BCUT2D eigenvalue weighted by Gasteiger charge is -2.39. The Bertz CT molecular complexity index is 1250. The number of hydrogen-bond acceptors (Lipinski definition) is 7. The normalized spacial score (nSPS) is 20.9. The fraction of sp³-hybridized carbons (Fsp3) is 0.444. The summed E-state index contributed by atoms with van der Waals surface area (Å²) in [5, 5.41) is -0.434. The molecule has 4 rings (SSSR count). The molecule has 2 atom stereocenters. The van der Waals surface area contributed by atoms with E-state index in [4.69, 9.17) is 10.5 Å². The molecule has 0 spiro atoms. The summed E-state index contributed by atoms with van der Waals surface area (Å²) in [6, 6.07) is 10.4. The summed E-state index contributed by atoms with van der Waals surface area (Å²) in [6.07, 6.45) is 2.56. The number of aromatic nitrogens is 1. The van der Waals surface area contributed by atoms with Crippen molar-refractivity contribution in [3.8, 4) is 0 Å². The average molecular weight is 515 g/mol. The van der Waals surface area contributed by atoms with Crippen molar-refractivity contribution in [1.29, 1.82) is 0 Å². The number of esters is 1. The second kappa shape index (κ2) is 9.90. The van der Waals surface area contributed by atoms with Crippen LogP contribution in [0.5, 0.6) is 0 Å². The third-order valence-electron chi connectivity index (χ3n) is 6.34. The van der Waals surface area contributed by atoms with Gasteiger partial charge in [0, 0.05) is 11.3 Å². The molecule has 1 aliphatic rings. The van der Waals surface area contributed by atoms with Gasteiger partial charge in [0.2, 0.25) is 0 Å². The number of carbonyl (C=O) groups excluding carboxylic acids is 2. The number of Topliss-reactive ketones (excluding diaryl/α,β-unsaturated/α-hetero) is 1. The van der Waals surface area contributed by atoms with E-state index in [1.165, 1.54) is 35.2 Å². The number of hydrogen-bond donors (Lipinski definition) is 1. The van der Waals surface area contributed by atoms with Gasteiger partial charge >= 0.3 is 5.97 Å². The third kappa shape index (κ3) is 5.70. The Morgan fingerprint density at radius 2 is 2.00 bits per heavy atom. The number of anilines is 1. The molecule has 5 nitrogen and oxygen atoms in total. The van der Waals surface area contributed by atoms with Crippen molar-refractivity contribution in [3.63, 3.8) is 0 Å². The van der Waals surface area contributed by atoms with Crippen LogP contribution in [-0.2, 0) is 26.2 Å². The second-order valence-electron chi connectivity index (χ2n) is 10.2. The van der Waals surface area contributed by atoms with Gasteiger partial charge in [0.1, 0.15) is 11.4 Å². The summed E-state index contributed by atoms with van der Waals surface area (Å²) in [5.41, 5.74) is 7.51. The topological polar surface area (TPSA) is 82.3 Å². The van der Waals surface area contributed by atoms with E-state index in [0.29, 0.717) is 24.4 Å². The van der Waals surface area contributed by atoms with E-state index in [-0.39, 0.29) is 23.4 Å². The van der Waals surface area contributed by atoms with E-state index in [0.717, 1.165) is 32.7 Å². The number of ether oxygens (including phenoxy) is 1. The maximum absolute atomic E-state index is 13.6. The van der Waals surface area contributed by atoms with Crippen molar-refractivity contribution < 1.29 is 18.7 Å². The zero-order chi connectivity index (χ0) is 25.4. The average Bonchev–Trinajstić information content (AvgIpc) is 3.13. The van der Waals surface area contributed by atoms with Crippen LogP contribution in [0.15, 0.2) is 41.3 Å². The Labute approximate surface area is 213 Å². The van der Waals surface area contributed by atoms with E-state index in [1.54, 1.807) is 6.07 Å². The lowest BCUT2D eigenvalue weighted by Crippen LogP contribution is -2.49. The molecule has 0 bridgehead atoms. The van der Waals surface area contributed by atoms with Gasteiger partial charge in [-0.25, -0.2) is 9.37 Å². The minimum Gasteiger partial charge on any atom is -0.457 e. The molecular formula is C27H31FN2O3S2. The van der Waals surface area contributed by atoms with E-state index in [1.807, 2.05) is 25.1 Å². The number of rotatable bonds is 7. The molecule has 35 heavy (non-hydrogen) atoms. The van der Waals surface area contributed by atoms with E-state index < -0.39 is 16.8 Å². The molecule has 1 fully saturated rings. The van der Waals surface area contributed by atoms with Gasteiger partial charge in [0.05, 0.1) is 10.2 Å². The molecular weight excluding hydrogens is 483 g/mol. The standard InChI is InChI=1S/C27H31FN2O3S2/c1-5-10-27(11-9-16-7-6-8-17(28)12-16)15-20(31)23(24(32)33-27)34-21-14-22-19(30-25(29)35-22)13-18(21)26(2,3)4/h6-8,12-14,23H,5,9-11,15H2,1-4H3,(H2,29,30)/t23?,27-/m0/s1. The van der Waals surface area contributed by atoms with Gasteiger partial charge < -0.3 is 10.5 Å². The Balaban J connectivity index is 1.58. The van der Waals surface area contributed by atoms with E-state index >= 15 is 0 Å². The van der Waals surface area contributed by atoms with Crippen molar-refractivity contribution in [1.82, 2.24) is 4.98 Å². The highest BCUT2D eigenvalue weighted by Crippen LogP contribution is 2.43. The molecule has 2 aromatic carbocycles. The summed E-state index contributed by atoms with van der Waals surface area (Å²) in [6.45, 7) is 8.28. The van der Waals surface area contributed by atoms with Gasteiger partial charge in [0.15, 0.2) is 16.2 Å². The number of carbonyl (C=O) groups is 2. The zero-order valence-corrected chi connectivity index (χ0v) is 22.2. The smallest absolute Gasteiger partial charge is 0.327 e. The van der Waals surface area contributed by atoms with E-state index in [2.05, 4.69) is 25.8 Å². The molecule has 0 aliphatic carbocycles. The molecule has 1 unspecified atom stereocenters. The first kappa shape index (κ1) is 25.6. The van der Waals surface area contributed by atoms with Crippen LogP contribution in [0.1, 0.15) is 64.5 Å². The monoisotopic (exact) mass is 514 g/mol. The first-order chi connectivity index (χ1) is 16.5. The molecule has 1 aromatic heterocycles. The van der Waals surface area contributed by atoms with Crippen LogP contribution in [0.25, 0.3) is 10.2 Å². The number of thioether (sulfide) groups is 1. The van der Waals surface area contributed by atoms with Gasteiger partial charge in [-0.05, 0) is 60.1 Å². The van der Waals surface area contributed by atoms with Gasteiger partial charge in [-0.15, -0.1) is 11.8 Å². The highest BCUT2D eigenvalue weighted by Gasteiger charge is 2.47. The third-order valence-corrected chi connectivity index (χ3v) is 8.47. The molecule has 186 valence electrons. The maximum Gasteiger partial charge on any atom is 0.327 e. The van der Waals surface area contributed by atoms with E-state index in [9.17, 15) is 14.0 Å². The van der Waals surface area contributed by atoms with Gasteiger partial charge in [-0.1, -0.05) is 57.6 Å². The van der Waals surface area contributed by atoms with Crippen molar-refractivity contribution >= 4 is 50.2 Å². The molecule has 8 heteroatoms. The SMILES string of the molecule is CCC[C@]1(CCc2cccc(F)c2)CC(=O)C(Sc2cc3sc(N)nc3cc2C(C)(C)C)C(=O)O1. The minimum atomic E-state index is -0.919. The number of cyclic esters (lactones) is 1. The maximum atomic E-state index is 13.6. The molecule has 2 N–H and O–H groups in total. The molecule has 0 radical (unpaired) electrons. The number of nitrogens with zero attached hydrogens (tertiary/aromatic N) is 1. The molecule has 1 aliphatic heterocycles. The number of thiazole rings is 1. The van der Waals surface area contributed by atoms with Crippen molar-refractivity contribution in [2.45, 2.75) is 81.0 Å². The van der Waals surface area contributed by atoms with Crippen LogP contribution in [0.2, 0.25) is 0 Å². The highest BCUT2D eigenvalue weighted by atomic mass is 32.2. The summed E-state index contributed by atoms with van der Waals surface area (Å²) < 4.78 is 20.6. The number of aryl methyl sites for hydroxylation is 1. The van der Waals surface area contributed by atoms with Crippen molar-refractivity contribution in [2.75, 3.05) is 5.73 Å². The summed E-state index contributed by atoms with van der Waals surface area (Å²) in [7, 11) is 0. The molecule has 3 aromatic rings. The number of nitrogens with two attached hydrogens (primary N) is 1. The summed E-state index contributed by atoms with van der Waals surface area (Å²) in [5.74, 6) is -0.917. The first-order valence-electron chi connectivity index (χ1n) is 11.9. The Hall–Kier alpha value is -2.45. The van der Waals surface area contributed by atoms with Crippen LogP contribution >= 0.6 is 23.1 Å². The Morgan fingerprint density at radius 3 is 2.66 bits per heavy atom. The fourth-order valence-electron chi connectivity index (χ4n) is 4.67. The van der Waals surface area contributed by atoms with Crippen LogP contribution < -0.4 is 5.73 Å². The first-order valence-corrected chi connectivity index (χ1v) is 13.6. The number of halogens is 1. The van der Waals surface area contributed by atoms with Gasteiger partial charge in [-0.3, -0.25) is 9.59 Å². The fourth-order valence-corrected chi connectivity index (χ4v) is 6.79. The predicted molar refractivity (Wildman–Crippen MR) is 140 cm³/mol. The van der Waals surface area contributed by atoms with Gasteiger partial charge in [-0.2, -0.15) is 0 Å². The number of ketones is 1. The highest BCUT2D eigenvalue weighted by molar-refractivity contribution is 8.01. The minimum absolute atomic E-state index is 0.122. The Morgan fingerprint density at radius 1 is 1.23 bits per heavy atom. The lowest BCUT2D eigenvalue weighted by atomic mass is 9.83. The van der Waals surface area contributed by atoms with Crippen molar-refractivity contribution in [2.24, 2.45) is 0 Å². The molecule has 0 amide bonds. The summed E-state index contributed by atoms with van der Waals surface area (Å²) in [4.78, 5) is 31.9. The number of benzene rings is 2. The lowest BCUT2D eigenvalue weighted by molar-refractivity contribution is -0.171. The quantitative estimate of drug-likeness (QED) is 0.288. The van der Waals surface area contributed by atoms with Crippen LogP contribution in [0.4, 0.5) is 9.52 Å². The molecule has 2 heterocycles. The Kier molecular flexibility index (Phi) is 7.25.